The van der Waals surface area contributed by atoms with Crippen LogP contribution in [-0.4, -0.2) is 11.9 Å². The lowest BCUT2D eigenvalue weighted by Gasteiger charge is -2.06. The second-order valence-electron chi connectivity index (χ2n) is 3.48. The Morgan fingerprint density at radius 2 is 2.10 bits per heavy atom. The minimum Gasteiger partial charge on any atom is -0.354 e. The van der Waals surface area contributed by atoms with E-state index >= 15 is 0 Å². The van der Waals surface area contributed by atoms with Crippen LogP contribution < -0.4 is 5.32 Å². The van der Waals surface area contributed by atoms with E-state index in [1.165, 1.54) is 0 Å². The number of carbonyl (C=O) groups is 1. The number of nitrogens with one attached hydrogen (secondary N) is 1. The zero-order valence-corrected chi connectivity index (χ0v) is 6.85. The van der Waals surface area contributed by atoms with Gasteiger partial charge in [0, 0.05) is 12.0 Å². The standard InChI is InChI=1S/C8H15NO/c1-5(2)9-8(10)7-4-6(7)3/h5-7H,4H2,1-3H3,(H,9,10). The number of carbonyl (C=O) groups excluding carboxylic acids is 1. The van der Waals surface area contributed by atoms with Crippen molar-refractivity contribution in [3.63, 3.8) is 0 Å². The van der Waals surface area contributed by atoms with E-state index in [-0.39, 0.29) is 5.91 Å². The van der Waals surface area contributed by atoms with Gasteiger partial charge in [-0.05, 0) is 26.2 Å². The van der Waals surface area contributed by atoms with Gasteiger partial charge >= 0.3 is 0 Å². The topological polar surface area (TPSA) is 29.1 Å². The van der Waals surface area contributed by atoms with Crippen molar-refractivity contribution in [2.45, 2.75) is 33.2 Å². The zero-order chi connectivity index (χ0) is 7.72. The van der Waals surface area contributed by atoms with Gasteiger partial charge in [-0.2, -0.15) is 0 Å². The van der Waals surface area contributed by atoms with Crippen molar-refractivity contribution in [1.82, 2.24) is 5.32 Å². The Hall–Kier alpha value is -0.530. The maximum atomic E-state index is 11.1. The van der Waals surface area contributed by atoms with E-state index in [2.05, 4.69) is 12.2 Å². The summed E-state index contributed by atoms with van der Waals surface area (Å²) in [5, 5.41) is 2.90. The average Bonchev–Trinajstić information content (AvgIpc) is 2.44. The molecule has 1 fully saturated rings. The molecule has 0 radical (unpaired) electrons. The highest BCUT2D eigenvalue weighted by molar-refractivity contribution is 5.81. The molecule has 58 valence electrons. The molecule has 1 amide bonds. The molecule has 1 aliphatic carbocycles. The van der Waals surface area contributed by atoms with E-state index < -0.39 is 0 Å². The van der Waals surface area contributed by atoms with Crippen LogP contribution in [0, 0.1) is 11.8 Å². The third-order valence-corrected chi connectivity index (χ3v) is 1.88. The lowest BCUT2D eigenvalue weighted by molar-refractivity contribution is -0.123. The lowest BCUT2D eigenvalue weighted by Crippen LogP contribution is -2.31. The second-order valence-corrected chi connectivity index (χ2v) is 3.48. The normalized spacial score (nSPS) is 30.4. The molecule has 0 heterocycles. The Labute approximate surface area is 62.0 Å². The van der Waals surface area contributed by atoms with Gasteiger partial charge in [-0.1, -0.05) is 6.92 Å². The van der Waals surface area contributed by atoms with Gasteiger partial charge in [-0.25, -0.2) is 0 Å². The Morgan fingerprint density at radius 3 is 2.40 bits per heavy atom. The minimum atomic E-state index is 0.238. The lowest BCUT2D eigenvalue weighted by atomic mass is 10.3. The summed E-state index contributed by atoms with van der Waals surface area (Å²) in [4.78, 5) is 11.1. The molecule has 1 rings (SSSR count). The molecule has 0 saturated heterocycles. The van der Waals surface area contributed by atoms with Crippen molar-refractivity contribution in [3.05, 3.63) is 0 Å². The fourth-order valence-electron chi connectivity index (χ4n) is 1.08. The highest BCUT2D eigenvalue weighted by atomic mass is 16.2. The van der Waals surface area contributed by atoms with Crippen LogP contribution in [0.15, 0.2) is 0 Å². The molecule has 2 atom stereocenters. The third kappa shape index (κ3) is 1.72. The van der Waals surface area contributed by atoms with Gasteiger partial charge in [0.25, 0.3) is 0 Å². The van der Waals surface area contributed by atoms with Gasteiger partial charge in [-0.3, -0.25) is 4.79 Å². The first-order valence-electron chi connectivity index (χ1n) is 3.91. The summed E-state index contributed by atoms with van der Waals surface area (Å²) in [5.74, 6) is 1.18. The Kier molecular flexibility index (Phi) is 1.97. The molecule has 0 aliphatic heterocycles. The smallest absolute Gasteiger partial charge is 0.223 e. The maximum absolute atomic E-state index is 11.1. The first-order valence-corrected chi connectivity index (χ1v) is 3.91. The van der Waals surface area contributed by atoms with Crippen LogP contribution in [0.2, 0.25) is 0 Å². The van der Waals surface area contributed by atoms with Gasteiger partial charge in [0.15, 0.2) is 0 Å². The van der Waals surface area contributed by atoms with E-state index in [0.717, 1.165) is 6.42 Å². The number of hydrogen-bond acceptors (Lipinski definition) is 1. The molecule has 10 heavy (non-hydrogen) atoms. The van der Waals surface area contributed by atoms with Crippen molar-refractivity contribution in [3.8, 4) is 0 Å². The van der Waals surface area contributed by atoms with Gasteiger partial charge in [0.1, 0.15) is 0 Å². The molecule has 0 bridgehead atoms. The van der Waals surface area contributed by atoms with Crippen molar-refractivity contribution in [2.24, 2.45) is 11.8 Å². The van der Waals surface area contributed by atoms with Crippen LogP contribution in [0.4, 0.5) is 0 Å². The van der Waals surface area contributed by atoms with Crippen LogP contribution in [0.5, 0.6) is 0 Å². The third-order valence-electron chi connectivity index (χ3n) is 1.88. The van der Waals surface area contributed by atoms with Gasteiger partial charge in [0.05, 0.1) is 0 Å². The molecular formula is C8H15NO. The van der Waals surface area contributed by atoms with Gasteiger partial charge in [0.2, 0.25) is 5.91 Å². The van der Waals surface area contributed by atoms with E-state index in [9.17, 15) is 4.79 Å². The SMILES string of the molecule is CC(C)NC(=O)C1CC1C. The predicted molar refractivity (Wildman–Crippen MR) is 40.5 cm³/mol. The fourth-order valence-corrected chi connectivity index (χ4v) is 1.08. The van der Waals surface area contributed by atoms with Crippen molar-refractivity contribution < 1.29 is 4.79 Å². The average molecular weight is 141 g/mol. The summed E-state index contributed by atoms with van der Waals surface area (Å²) in [6.07, 6.45) is 1.08. The summed E-state index contributed by atoms with van der Waals surface area (Å²) < 4.78 is 0. The van der Waals surface area contributed by atoms with Crippen LogP contribution >= 0.6 is 0 Å². The second kappa shape index (κ2) is 2.60. The summed E-state index contributed by atoms with van der Waals surface area (Å²) in [6.45, 7) is 6.10. The number of rotatable bonds is 2. The van der Waals surface area contributed by atoms with Crippen LogP contribution in [-0.2, 0) is 4.79 Å². The summed E-state index contributed by atoms with van der Waals surface area (Å²) in [5.41, 5.74) is 0. The monoisotopic (exact) mass is 141 g/mol. The summed E-state index contributed by atoms with van der Waals surface area (Å²) in [6, 6.07) is 0.292. The van der Waals surface area contributed by atoms with Crippen LogP contribution in [0.25, 0.3) is 0 Å². The minimum absolute atomic E-state index is 0.238. The quantitative estimate of drug-likeness (QED) is 0.614. The Morgan fingerprint density at radius 1 is 1.60 bits per heavy atom. The summed E-state index contributed by atoms with van der Waals surface area (Å²) in [7, 11) is 0. The Bertz CT molecular complexity index is 142. The molecule has 1 saturated carbocycles. The Balaban J connectivity index is 2.23. The van der Waals surface area contributed by atoms with Crippen molar-refractivity contribution >= 4 is 5.91 Å². The number of hydrogen-bond donors (Lipinski definition) is 1. The molecule has 0 aromatic rings. The molecule has 2 nitrogen and oxygen atoms in total. The van der Waals surface area contributed by atoms with E-state index in [1.807, 2.05) is 13.8 Å². The highest BCUT2D eigenvalue weighted by Crippen LogP contribution is 2.37. The number of amides is 1. The summed E-state index contributed by atoms with van der Waals surface area (Å²) >= 11 is 0. The largest absolute Gasteiger partial charge is 0.354 e. The van der Waals surface area contributed by atoms with E-state index in [0.29, 0.717) is 17.9 Å². The van der Waals surface area contributed by atoms with Crippen LogP contribution in [0.3, 0.4) is 0 Å². The molecule has 2 heteroatoms. The van der Waals surface area contributed by atoms with E-state index in [1.54, 1.807) is 0 Å². The molecule has 2 unspecified atom stereocenters. The first-order chi connectivity index (χ1) is 4.61. The highest BCUT2D eigenvalue weighted by Gasteiger charge is 2.38. The van der Waals surface area contributed by atoms with Crippen molar-refractivity contribution in [2.75, 3.05) is 0 Å². The molecular weight excluding hydrogens is 126 g/mol. The van der Waals surface area contributed by atoms with Gasteiger partial charge < -0.3 is 5.32 Å². The van der Waals surface area contributed by atoms with Crippen LogP contribution in [0.1, 0.15) is 27.2 Å². The first kappa shape index (κ1) is 7.58. The fraction of sp³-hybridized carbons (Fsp3) is 0.875. The maximum Gasteiger partial charge on any atom is 0.223 e. The molecule has 1 aliphatic rings. The predicted octanol–water partition coefficient (Wildman–Crippen LogP) is 1.17. The van der Waals surface area contributed by atoms with Gasteiger partial charge in [-0.15, -0.1) is 0 Å². The molecule has 0 aromatic carbocycles. The zero-order valence-electron chi connectivity index (χ0n) is 6.85. The molecule has 0 aromatic heterocycles. The van der Waals surface area contributed by atoms with Crippen molar-refractivity contribution in [1.29, 1.82) is 0 Å². The molecule has 0 spiro atoms. The van der Waals surface area contributed by atoms with E-state index in [4.69, 9.17) is 0 Å². The molecule has 1 N–H and O–H groups in total.